The Bertz CT molecular complexity index is 39.2. The van der Waals surface area contributed by atoms with E-state index in [2.05, 4.69) is 5.32 Å². The van der Waals surface area contributed by atoms with Crippen LogP contribution in [0.15, 0.2) is 0 Å². The van der Waals surface area contributed by atoms with E-state index in [0.29, 0.717) is 0 Å². The maximum absolute atomic E-state index is 8.07. The molecule has 0 amide bonds. The Balaban J connectivity index is 2.68. The standard InChI is InChI=1S/C3H9NO3/c5-2-4-1-3(6)7/h3-7H,1-2H2. The van der Waals surface area contributed by atoms with Crippen molar-refractivity contribution in [3.8, 4) is 0 Å². The molecule has 0 aliphatic rings. The van der Waals surface area contributed by atoms with Crippen LogP contribution in [-0.4, -0.2) is 34.9 Å². The molecule has 0 aromatic heterocycles. The SMILES string of the molecule is OCNCC(O)O. The molecule has 0 spiro atoms. The van der Waals surface area contributed by atoms with Crippen molar-refractivity contribution in [1.29, 1.82) is 0 Å². The Kier molecular flexibility index (Phi) is 3.92. The van der Waals surface area contributed by atoms with Gasteiger partial charge in [-0.1, -0.05) is 0 Å². The largest absolute Gasteiger partial charge is 0.381 e. The number of aliphatic hydroxyl groups is 3. The van der Waals surface area contributed by atoms with Crippen LogP contribution in [0.1, 0.15) is 0 Å². The lowest BCUT2D eigenvalue weighted by Crippen LogP contribution is -2.26. The predicted octanol–water partition coefficient (Wildman–Crippen LogP) is -2.16. The Morgan fingerprint density at radius 2 is 2.00 bits per heavy atom. The quantitative estimate of drug-likeness (QED) is 0.310. The highest BCUT2D eigenvalue weighted by Gasteiger charge is 1.90. The molecular weight excluding hydrogens is 98.0 g/mol. The average Bonchev–Trinajstić information content (AvgIpc) is 1.61. The Morgan fingerprint density at radius 3 is 2.14 bits per heavy atom. The summed E-state index contributed by atoms with van der Waals surface area (Å²) in [6, 6.07) is 0. The highest BCUT2D eigenvalue weighted by molar-refractivity contribution is 4.37. The van der Waals surface area contributed by atoms with Crippen molar-refractivity contribution in [3.05, 3.63) is 0 Å². The van der Waals surface area contributed by atoms with Crippen LogP contribution < -0.4 is 5.32 Å². The van der Waals surface area contributed by atoms with Crippen molar-refractivity contribution in [3.63, 3.8) is 0 Å². The van der Waals surface area contributed by atoms with Gasteiger partial charge in [0.25, 0.3) is 0 Å². The fourth-order valence-electron chi connectivity index (χ4n) is 0.194. The number of hydrogen-bond acceptors (Lipinski definition) is 4. The Morgan fingerprint density at radius 1 is 1.43 bits per heavy atom. The molecule has 0 fully saturated rings. The van der Waals surface area contributed by atoms with Crippen molar-refractivity contribution in [2.45, 2.75) is 6.29 Å². The molecule has 0 saturated carbocycles. The summed E-state index contributed by atoms with van der Waals surface area (Å²) < 4.78 is 0. The number of aliphatic hydroxyl groups excluding tert-OH is 2. The minimum absolute atomic E-state index is 0.0104. The van der Waals surface area contributed by atoms with Crippen molar-refractivity contribution < 1.29 is 15.3 Å². The van der Waals surface area contributed by atoms with Crippen molar-refractivity contribution in [2.75, 3.05) is 13.3 Å². The maximum Gasteiger partial charge on any atom is 0.164 e. The maximum atomic E-state index is 8.07. The summed E-state index contributed by atoms with van der Waals surface area (Å²) in [7, 11) is 0. The van der Waals surface area contributed by atoms with Gasteiger partial charge >= 0.3 is 0 Å². The highest BCUT2D eigenvalue weighted by Crippen LogP contribution is 1.65. The van der Waals surface area contributed by atoms with E-state index in [1.54, 1.807) is 0 Å². The molecule has 0 atom stereocenters. The summed E-state index contributed by atoms with van der Waals surface area (Å²) in [6.07, 6.45) is -1.37. The van der Waals surface area contributed by atoms with Crippen LogP contribution in [0.25, 0.3) is 0 Å². The molecule has 0 aromatic carbocycles. The van der Waals surface area contributed by atoms with Crippen LogP contribution in [-0.2, 0) is 0 Å². The summed E-state index contributed by atoms with van der Waals surface area (Å²) in [5.74, 6) is 0. The highest BCUT2D eigenvalue weighted by atomic mass is 16.5. The van der Waals surface area contributed by atoms with Gasteiger partial charge in [-0.3, -0.25) is 5.32 Å². The normalized spacial score (nSPS) is 10.3. The molecule has 0 unspecified atom stereocenters. The smallest absolute Gasteiger partial charge is 0.164 e. The second-order valence-corrected chi connectivity index (χ2v) is 1.09. The minimum Gasteiger partial charge on any atom is -0.381 e. The lowest BCUT2D eigenvalue weighted by Gasteiger charge is -2.00. The molecule has 4 nitrogen and oxygen atoms in total. The summed E-state index contributed by atoms with van der Waals surface area (Å²) in [5.41, 5.74) is 0. The minimum atomic E-state index is -1.37. The van der Waals surface area contributed by atoms with E-state index >= 15 is 0 Å². The van der Waals surface area contributed by atoms with E-state index in [4.69, 9.17) is 15.3 Å². The molecule has 0 aliphatic carbocycles. The fourth-order valence-corrected chi connectivity index (χ4v) is 0.194. The molecule has 4 N–H and O–H groups in total. The predicted molar refractivity (Wildman–Crippen MR) is 23.3 cm³/mol. The van der Waals surface area contributed by atoms with Crippen molar-refractivity contribution in [2.24, 2.45) is 0 Å². The van der Waals surface area contributed by atoms with Crippen molar-refractivity contribution >= 4 is 0 Å². The number of hydrogen-bond donors (Lipinski definition) is 4. The molecule has 0 heterocycles. The molecule has 0 saturated heterocycles. The molecule has 44 valence electrons. The van der Waals surface area contributed by atoms with Crippen molar-refractivity contribution in [1.82, 2.24) is 5.32 Å². The Hall–Kier alpha value is -0.160. The van der Waals surface area contributed by atoms with E-state index in [9.17, 15) is 0 Å². The van der Waals surface area contributed by atoms with Gasteiger partial charge in [-0.25, -0.2) is 0 Å². The lowest BCUT2D eigenvalue weighted by molar-refractivity contribution is -0.0403. The summed E-state index contributed by atoms with van der Waals surface area (Å²) >= 11 is 0. The third-order valence-electron chi connectivity index (χ3n) is 0.439. The zero-order valence-corrected chi connectivity index (χ0v) is 3.83. The summed E-state index contributed by atoms with van der Waals surface area (Å²) in [6.45, 7) is -0.214. The molecule has 7 heavy (non-hydrogen) atoms. The van der Waals surface area contributed by atoms with Crippen LogP contribution >= 0.6 is 0 Å². The number of nitrogens with one attached hydrogen (secondary N) is 1. The van der Waals surface area contributed by atoms with E-state index < -0.39 is 6.29 Å². The first kappa shape index (κ1) is 6.84. The van der Waals surface area contributed by atoms with Crippen LogP contribution in [0.5, 0.6) is 0 Å². The van der Waals surface area contributed by atoms with Gasteiger partial charge in [-0.2, -0.15) is 0 Å². The molecule has 0 bridgehead atoms. The van der Waals surface area contributed by atoms with Crippen LogP contribution in [0.2, 0.25) is 0 Å². The molecule has 0 aromatic rings. The molecule has 0 aliphatic heterocycles. The monoisotopic (exact) mass is 107 g/mol. The number of rotatable bonds is 3. The average molecular weight is 107 g/mol. The van der Waals surface area contributed by atoms with Crippen LogP contribution in [0.4, 0.5) is 0 Å². The van der Waals surface area contributed by atoms with Crippen LogP contribution in [0.3, 0.4) is 0 Å². The zero-order chi connectivity index (χ0) is 5.70. The van der Waals surface area contributed by atoms with Gasteiger partial charge in [-0.05, 0) is 0 Å². The molecule has 0 rings (SSSR count). The van der Waals surface area contributed by atoms with Crippen LogP contribution in [0, 0.1) is 0 Å². The zero-order valence-electron chi connectivity index (χ0n) is 3.83. The van der Waals surface area contributed by atoms with E-state index in [0.717, 1.165) is 0 Å². The van der Waals surface area contributed by atoms with Gasteiger partial charge < -0.3 is 15.3 Å². The first-order valence-corrected chi connectivity index (χ1v) is 1.95. The molecule has 0 radical (unpaired) electrons. The van der Waals surface area contributed by atoms with E-state index in [-0.39, 0.29) is 13.3 Å². The van der Waals surface area contributed by atoms with E-state index in [1.807, 2.05) is 0 Å². The topological polar surface area (TPSA) is 72.7 Å². The van der Waals surface area contributed by atoms with Gasteiger partial charge in [0.2, 0.25) is 0 Å². The summed E-state index contributed by atoms with van der Waals surface area (Å²) in [5, 5.41) is 26.4. The second kappa shape index (κ2) is 4.01. The second-order valence-electron chi connectivity index (χ2n) is 1.09. The van der Waals surface area contributed by atoms with Gasteiger partial charge in [0.05, 0.1) is 6.73 Å². The first-order chi connectivity index (χ1) is 3.27. The third kappa shape index (κ3) is 5.84. The third-order valence-corrected chi connectivity index (χ3v) is 0.439. The molecule has 4 heteroatoms. The van der Waals surface area contributed by atoms with Gasteiger partial charge in [0, 0.05) is 6.54 Å². The van der Waals surface area contributed by atoms with Gasteiger partial charge in [-0.15, -0.1) is 0 Å². The first-order valence-electron chi connectivity index (χ1n) is 1.95. The lowest BCUT2D eigenvalue weighted by atomic mass is 10.6. The summed E-state index contributed by atoms with van der Waals surface area (Å²) in [4.78, 5) is 0. The van der Waals surface area contributed by atoms with Gasteiger partial charge in [0.1, 0.15) is 0 Å². The van der Waals surface area contributed by atoms with E-state index in [1.165, 1.54) is 0 Å². The Labute approximate surface area is 41.4 Å². The fraction of sp³-hybridized carbons (Fsp3) is 1.00. The molecular formula is C3H9NO3. The van der Waals surface area contributed by atoms with Gasteiger partial charge in [0.15, 0.2) is 6.29 Å².